The monoisotopic (exact) mass is 325 g/mol. The van der Waals surface area contributed by atoms with Gasteiger partial charge in [0.1, 0.15) is 0 Å². The summed E-state index contributed by atoms with van der Waals surface area (Å²) in [7, 11) is 1.65. The van der Waals surface area contributed by atoms with Crippen LogP contribution in [0.1, 0.15) is 61.9 Å². The number of benzene rings is 1. The fourth-order valence-electron chi connectivity index (χ4n) is 3.85. The standard InChI is InChI=1S/C21H27NO2/c1-4-14-6-8-16(9-7-14)20(23)17-10-11-19-18(13-17)12-15(5-2)21(22-19)24-3/h10-14,16H,4-9H2,1-3H3. The fourth-order valence-corrected chi connectivity index (χ4v) is 3.85. The Kier molecular flexibility index (Phi) is 5.17. The number of rotatable bonds is 5. The first-order valence-electron chi connectivity index (χ1n) is 9.18. The highest BCUT2D eigenvalue weighted by atomic mass is 16.5. The third-order valence-corrected chi connectivity index (χ3v) is 5.51. The third-order valence-electron chi connectivity index (χ3n) is 5.51. The summed E-state index contributed by atoms with van der Waals surface area (Å²) in [6, 6.07) is 7.98. The van der Waals surface area contributed by atoms with E-state index in [1.54, 1.807) is 7.11 Å². The molecule has 2 aromatic rings. The van der Waals surface area contributed by atoms with E-state index in [4.69, 9.17) is 4.74 Å². The topological polar surface area (TPSA) is 39.2 Å². The predicted molar refractivity (Wildman–Crippen MR) is 97.7 cm³/mol. The molecule has 1 aromatic carbocycles. The number of carbonyl (C=O) groups excluding carboxylic acids is 1. The molecule has 0 atom stereocenters. The zero-order valence-electron chi connectivity index (χ0n) is 15.0. The van der Waals surface area contributed by atoms with E-state index in [0.29, 0.717) is 11.7 Å². The summed E-state index contributed by atoms with van der Waals surface area (Å²) < 4.78 is 5.36. The maximum atomic E-state index is 12.9. The van der Waals surface area contributed by atoms with Crippen LogP contribution in [-0.2, 0) is 6.42 Å². The molecule has 3 heteroatoms. The number of ether oxygens (including phenoxy) is 1. The Hall–Kier alpha value is -1.90. The van der Waals surface area contributed by atoms with Crippen LogP contribution in [0.5, 0.6) is 5.88 Å². The van der Waals surface area contributed by atoms with Gasteiger partial charge in [-0.1, -0.05) is 20.3 Å². The van der Waals surface area contributed by atoms with E-state index in [0.717, 1.165) is 47.2 Å². The van der Waals surface area contributed by atoms with Gasteiger partial charge in [-0.2, -0.15) is 0 Å². The number of nitrogens with zero attached hydrogens (tertiary/aromatic N) is 1. The van der Waals surface area contributed by atoms with Crippen molar-refractivity contribution in [2.45, 2.75) is 52.4 Å². The highest BCUT2D eigenvalue weighted by Crippen LogP contribution is 2.33. The molecule has 0 saturated heterocycles. The highest BCUT2D eigenvalue weighted by Gasteiger charge is 2.26. The van der Waals surface area contributed by atoms with Crippen LogP contribution < -0.4 is 4.74 Å². The number of hydrogen-bond acceptors (Lipinski definition) is 3. The lowest BCUT2D eigenvalue weighted by atomic mass is 9.77. The zero-order chi connectivity index (χ0) is 17.1. The molecule has 0 unspecified atom stereocenters. The minimum absolute atomic E-state index is 0.196. The Morgan fingerprint density at radius 2 is 1.92 bits per heavy atom. The van der Waals surface area contributed by atoms with Gasteiger partial charge in [0.15, 0.2) is 5.78 Å². The van der Waals surface area contributed by atoms with Crippen molar-refractivity contribution in [3.8, 4) is 5.88 Å². The van der Waals surface area contributed by atoms with Crippen LogP contribution >= 0.6 is 0 Å². The molecule has 1 aliphatic carbocycles. The number of aromatic nitrogens is 1. The van der Waals surface area contributed by atoms with Gasteiger partial charge in [0, 0.05) is 22.4 Å². The average Bonchev–Trinajstić information content (AvgIpc) is 2.65. The first-order chi connectivity index (χ1) is 11.7. The summed E-state index contributed by atoms with van der Waals surface area (Å²) in [4.78, 5) is 17.4. The highest BCUT2D eigenvalue weighted by molar-refractivity contribution is 6.01. The molecule has 0 amide bonds. The van der Waals surface area contributed by atoms with E-state index in [1.807, 2.05) is 18.2 Å². The van der Waals surface area contributed by atoms with Gasteiger partial charge in [-0.15, -0.1) is 0 Å². The quantitative estimate of drug-likeness (QED) is 0.709. The summed E-state index contributed by atoms with van der Waals surface area (Å²) in [5.41, 5.74) is 2.80. The van der Waals surface area contributed by atoms with Gasteiger partial charge in [0.05, 0.1) is 12.6 Å². The zero-order valence-corrected chi connectivity index (χ0v) is 15.0. The number of Topliss-reactive ketones (excluding diaryl/α,β-unsaturated/α-hetero) is 1. The minimum atomic E-state index is 0.196. The van der Waals surface area contributed by atoms with Gasteiger partial charge in [-0.25, -0.2) is 4.98 Å². The van der Waals surface area contributed by atoms with Crippen molar-refractivity contribution in [1.29, 1.82) is 0 Å². The largest absolute Gasteiger partial charge is 0.481 e. The van der Waals surface area contributed by atoms with Crippen LogP contribution in [0.25, 0.3) is 10.9 Å². The Balaban J connectivity index is 1.86. The van der Waals surface area contributed by atoms with Crippen molar-refractivity contribution in [2.24, 2.45) is 11.8 Å². The predicted octanol–water partition coefficient (Wildman–Crippen LogP) is 5.20. The number of methoxy groups -OCH3 is 1. The minimum Gasteiger partial charge on any atom is -0.481 e. The first kappa shape index (κ1) is 16.9. The van der Waals surface area contributed by atoms with Crippen molar-refractivity contribution >= 4 is 16.7 Å². The lowest BCUT2D eigenvalue weighted by Gasteiger charge is -2.26. The smallest absolute Gasteiger partial charge is 0.216 e. The van der Waals surface area contributed by atoms with Gasteiger partial charge in [-0.3, -0.25) is 4.79 Å². The molecular formula is C21H27NO2. The molecule has 0 radical (unpaired) electrons. The second-order valence-electron chi connectivity index (χ2n) is 6.91. The molecule has 1 heterocycles. The molecule has 1 aliphatic rings. The Morgan fingerprint density at radius 1 is 1.17 bits per heavy atom. The molecule has 0 aliphatic heterocycles. The maximum Gasteiger partial charge on any atom is 0.216 e. The molecule has 3 nitrogen and oxygen atoms in total. The number of carbonyl (C=O) groups is 1. The van der Waals surface area contributed by atoms with E-state index in [-0.39, 0.29) is 5.92 Å². The number of fused-ring (bicyclic) bond motifs is 1. The molecule has 128 valence electrons. The van der Waals surface area contributed by atoms with E-state index >= 15 is 0 Å². The van der Waals surface area contributed by atoms with Gasteiger partial charge >= 0.3 is 0 Å². The van der Waals surface area contributed by atoms with Gasteiger partial charge < -0.3 is 4.74 Å². The summed E-state index contributed by atoms with van der Waals surface area (Å²) >= 11 is 0. The molecule has 3 rings (SSSR count). The normalized spacial score (nSPS) is 21.0. The summed E-state index contributed by atoms with van der Waals surface area (Å²) in [5.74, 6) is 2.00. The van der Waals surface area contributed by atoms with E-state index in [9.17, 15) is 4.79 Å². The van der Waals surface area contributed by atoms with E-state index < -0.39 is 0 Å². The van der Waals surface area contributed by atoms with Gasteiger partial charge in [0.25, 0.3) is 0 Å². The summed E-state index contributed by atoms with van der Waals surface area (Å²) in [6.07, 6.45) is 6.57. The van der Waals surface area contributed by atoms with Crippen LogP contribution in [0.15, 0.2) is 24.3 Å². The lowest BCUT2D eigenvalue weighted by molar-refractivity contribution is 0.0871. The van der Waals surface area contributed by atoms with Crippen molar-refractivity contribution in [3.63, 3.8) is 0 Å². The second kappa shape index (κ2) is 7.33. The van der Waals surface area contributed by atoms with Crippen LogP contribution in [0.3, 0.4) is 0 Å². The molecule has 0 N–H and O–H groups in total. The van der Waals surface area contributed by atoms with E-state index in [1.165, 1.54) is 19.3 Å². The Morgan fingerprint density at radius 3 is 2.54 bits per heavy atom. The number of hydrogen-bond donors (Lipinski definition) is 0. The SMILES string of the molecule is CCc1cc2cc(C(=O)C3CCC(CC)CC3)ccc2nc1OC. The van der Waals surface area contributed by atoms with E-state index in [2.05, 4.69) is 24.9 Å². The molecule has 0 bridgehead atoms. The number of pyridine rings is 1. The average molecular weight is 325 g/mol. The molecule has 0 spiro atoms. The van der Waals surface area contributed by atoms with Crippen molar-refractivity contribution in [2.75, 3.05) is 7.11 Å². The summed E-state index contributed by atoms with van der Waals surface area (Å²) in [6.45, 7) is 4.34. The summed E-state index contributed by atoms with van der Waals surface area (Å²) in [5, 5.41) is 1.03. The second-order valence-corrected chi connectivity index (χ2v) is 6.91. The van der Waals surface area contributed by atoms with Crippen LogP contribution in [-0.4, -0.2) is 17.9 Å². The fraction of sp³-hybridized carbons (Fsp3) is 0.524. The van der Waals surface area contributed by atoms with Crippen molar-refractivity contribution in [1.82, 2.24) is 4.98 Å². The maximum absolute atomic E-state index is 12.9. The molecule has 1 aromatic heterocycles. The molecular weight excluding hydrogens is 298 g/mol. The third kappa shape index (κ3) is 3.31. The molecule has 1 fully saturated rings. The number of aryl methyl sites for hydroxylation is 1. The molecule has 1 saturated carbocycles. The van der Waals surface area contributed by atoms with Crippen LogP contribution in [0, 0.1) is 11.8 Å². The Bertz CT molecular complexity index is 730. The first-order valence-corrected chi connectivity index (χ1v) is 9.18. The lowest BCUT2D eigenvalue weighted by Crippen LogP contribution is -2.21. The van der Waals surface area contributed by atoms with Crippen LogP contribution in [0.2, 0.25) is 0 Å². The van der Waals surface area contributed by atoms with Gasteiger partial charge in [0.2, 0.25) is 5.88 Å². The Labute approximate surface area is 144 Å². The van der Waals surface area contributed by atoms with Crippen LogP contribution in [0.4, 0.5) is 0 Å². The number of ketones is 1. The molecule has 24 heavy (non-hydrogen) atoms. The van der Waals surface area contributed by atoms with Crippen molar-refractivity contribution in [3.05, 3.63) is 35.4 Å². The van der Waals surface area contributed by atoms with Crippen molar-refractivity contribution < 1.29 is 9.53 Å². The van der Waals surface area contributed by atoms with Gasteiger partial charge in [-0.05, 0) is 62.3 Å².